The number of aromatic nitrogens is 1. The molecule has 2 aromatic rings. The van der Waals surface area contributed by atoms with Gasteiger partial charge < -0.3 is 5.32 Å². The molecule has 0 aliphatic heterocycles. The largest absolute Gasteiger partial charge is 0.417 e. The number of sulfone groups is 1. The number of hydrogen-bond donors (Lipinski definition) is 1. The van der Waals surface area contributed by atoms with E-state index in [1.54, 1.807) is 0 Å². The molecule has 1 aromatic carbocycles. The van der Waals surface area contributed by atoms with Crippen molar-refractivity contribution in [1.82, 2.24) is 10.3 Å². The Bertz CT molecular complexity index is 1090. The molecule has 1 amide bonds. The van der Waals surface area contributed by atoms with Gasteiger partial charge in [0.25, 0.3) is 5.91 Å². The quantitative estimate of drug-likeness (QED) is 0.648. The Morgan fingerprint density at radius 1 is 0.969 bits per heavy atom. The van der Waals surface area contributed by atoms with Gasteiger partial charge in [-0.1, -0.05) is 6.07 Å². The van der Waals surface area contributed by atoms with E-state index in [0.717, 1.165) is 30.6 Å². The first kappa shape index (κ1) is 24.0. The molecule has 1 saturated carbocycles. The van der Waals surface area contributed by atoms with E-state index >= 15 is 0 Å². The van der Waals surface area contributed by atoms with Gasteiger partial charge in [0, 0.05) is 18.4 Å². The van der Waals surface area contributed by atoms with Crippen LogP contribution in [-0.2, 0) is 22.2 Å². The number of carbonyl (C=O) groups excluding carboxylic acids is 1. The molecule has 174 valence electrons. The predicted molar refractivity (Wildman–Crippen MR) is 101 cm³/mol. The number of carbonyl (C=O) groups is 1. The summed E-state index contributed by atoms with van der Waals surface area (Å²) in [5.74, 6) is -0.977. The highest BCUT2D eigenvalue weighted by molar-refractivity contribution is 7.92. The van der Waals surface area contributed by atoms with Crippen LogP contribution in [0.25, 0.3) is 0 Å². The molecule has 12 heteroatoms. The van der Waals surface area contributed by atoms with Gasteiger partial charge in [-0.05, 0) is 49.9 Å². The minimum atomic E-state index is -4.74. The minimum Gasteiger partial charge on any atom is -0.349 e. The Labute approximate surface area is 179 Å². The highest BCUT2D eigenvalue weighted by Crippen LogP contribution is 2.34. The van der Waals surface area contributed by atoms with Crippen LogP contribution in [0.4, 0.5) is 26.3 Å². The maximum absolute atomic E-state index is 13.1. The summed E-state index contributed by atoms with van der Waals surface area (Å²) in [5, 5.41) is 1.51. The summed E-state index contributed by atoms with van der Waals surface area (Å²) >= 11 is 0. The number of halogens is 6. The van der Waals surface area contributed by atoms with Crippen molar-refractivity contribution in [1.29, 1.82) is 0 Å². The molecule has 1 heterocycles. The number of nitrogens with one attached hydrogen (secondary N) is 1. The highest BCUT2D eigenvalue weighted by Gasteiger charge is 2.38. The second-order valence-electron chi connectivity index (χ2n) is 7.44. The average molecular weight is 480 g/mol. The molecule has 1 aromatic heterocycles. The van der Waals surface area contributed by atoms with E-state index in [2.05, 4.69) is 10.3 Å². The molecule has 1 aliphatic rings. The smallest absolute Gasteiger partial charge is 0.349 e. The Balaban J connectivity index is 1.68. The fourth-order valence-electron chi connectivity index (χ4n) is 3.65. The normalized spacial score (nSPS) is 20.1. The van der Waals surface area contributed by atoms with Crippen LogP contribution in [0.2, 0.25) is 0 Å². The number of rotatable bonds is 4. The van der Waals surface area contributed by atoms with E-state index in [9.17, 15) is 39.6 Å². The number of nitrogens with zero attached hydrogens (tertiary/aromatic N) is 1. The number of amides is 1. The first-order chi connectivity index (χ1) is 14.8. The Morgan fingerprint density at radius 2 is 1.62 bits per heavy atom. The van der Waals surface area contributed by atoms with Crippen LogP contribution in [0.5, 0.6) is 0 Å². The van der Waals surface area contributed by atoms with Crippen molar-refractivity contribution in [2.75, 3.05) is 0 Å². The van der Waals surface area contributed by atoms with Crippen LogP contribution in [0.3, 0.4) is 0 Å². The lowest BCUT2D eigenvalue weighted by Gasteiger charge is -2.29. The predicted octanol–water partition coefficient (Wildman–Crippen LogP) is 4.63. The monoisotopic (exact) mass is 480 g/mol. The summed E-state index contributed by atoms with van der Waals surface area (Å²) < 4.78 is 104. The van der Waals surface area contributed by atoms with Gasteiger partial charge in [0.05, 0.1) is 26.8 Å². The first-order valence-electron chi connectivity index (χ1n) is 9.53. The molecular formula is C20H18F6N2O3S. The van der Waals surface area contributed by atoms with Crippen LogP contribution in [0, 0.1) is 0 Å². The van der Waals surface area contributed by atoms with Crippen LogP contribution < -0.4 is 5.32 Å². The van der Waals surface area contributed by atoms with Crippen LogP contribution in [-0.4, -0.2) is 30.6 Å². The summed E-state index contributed by atoms with van der Waals surface area (Å²) in [6.45, 7) is 0. The molecule has 32 heavy (non-hydrogen) atoms. The zero-order chi connectivity index (χ0) is 23.7. The zero-order valence-electron chi connectivity index (χ0n) is 16.4. The van der Waals surface area contributed by atoms with Crippen molar-refractivity contribution in [2.45, 2.75) is 54.2 Å². The molecule has 0 unspecified atom stereocenters. The molecule has 0 spiro atoms. The number of hydrogen-bond acceptors (Lipinski definition) is 4. The molecule has 5 nitrogen and oxygen atoms in total. The van der Waals surface area contributed by atoms with Gasteiger partial charge in [-0.15, -0.1) is 0 Å². The molecule has 1 aliphatic carbocycles. The van der Waals surface area contributed by atoms with E-state index in [1.165, 1.54) is 0 Å². The van der Waals surface area contributed by atoms with Gasteiger partial charge in [-0.2, -0.15) is 26.3 Å². The third-order valence-electron chi connectivity index (χ3n) is 5.31. The van der Waals surface area contributed by atoms with Crippen molar-refractivity contribution >= 4 is 15.7 Å². The van der Waals surface area contributed by atoms with E-state index in [-0.39, 0.29) is 25.7 Å². The summed E-state index contributed by atoms with van der Waals surface area (Å²) in [6, 6.07) is 3.60. The fourth-order valence-corrected chi connectivity index (χ4v) is 5.48. The second-order valence-corrected chi connectivity index (χ2v) is 9.66. The summed E-state index contributed by atoms with van der Waals surface area (Å²) in [5.41, 5.74) is -2.85. The number of benzene rings is 1. The van der Waals surface area contributed by atoms with Crippen LogP contribution in [0.1, 0.15) is 47.2 Å². The second kappa shape index (κ2) is 8.72. The third kappa shape index (κ3) is 5.22. The Kier molecular flexibility index (Phi) is 6.55. The van der Waals surface area contributed by atoms with E-state index in [1.807, 2.05) is 0 Å². The summed E-state index contributed by atoms with van der Waals surface area (Å²) in [6.07, 6.45) is -7.31. The molecule has 0 bridgehead atoms. The fraction of sp³-hybridized carbons (Fsp3) is 0.400. The molecule has 0 radical (unpaired) electrons. The lowest BCUT2D eigenvalue weighted by atomic mass is 9.94. The van der Waals surface area contributed by atoms with Crippen molar-refractivity contribution in [3.63, 3.8) is 0 Å². The molecule has 1 fully saturated rings. The molecule has 3 rings (SSSR count). The molecule has 1 N–H and O–H groups in total. The van der Waals surface area contributed by atoms with Gasteiger partial charge in [-0.3, -0.25) is 9.78 Å². The molecule has 0 atom stereocenters. The minimum absolute atomic E-state index is 0.0443. The van der Waals surface area contributed by atoms with Crippen molar-refractivity contribution in [3.8, 4) is 0 Å². The Morgan fingerprint density at radius 3 is 2.22 bits per heavy atom. The van der Waals surface area contributed by atoms with Crippen molar-refractivity contribution in [3.05, 3.63) is 59.4 Å². The lowest BCUT2D eigenvalue weighted by molar-refractivity contribution is -0.138. The van der Waals surface area contributed by atoms with Crippen LogP contribution >= 0.6 is 0 Å². The van der Waals surface area contributed by atoms with Gasteiger partial charge in [0.1, 0.15) is 0 Å². The summed E-state index contributed by atoms with van der Waals surface area (Å²) in [7, 11) is -4.05. The van der Waals surface area contributed by atoms with E-state index in [4.69, 9.17) is 0 Å². The first-order valence-corrected chi connectivity index (χ1v) is 11.1. The third-order valence-corrected chi connectivity index (χ3v) is 7.57. The maximum atomic E-state index is 13.1. The molecule has 0 saturated heterocycles. The zero-order valence-corrected chi connectivity index (χ0v) is 17.2. The van der Waals surface area contributed by atoms with Crippen molar-refractivity contribution in [2.24, 2.45) is 0 Å². The topological polar surface area (TPSA) is 76.1 Å². The van der Waals surface area contributed by atoms with Gasteiger partial charge >= 0.3 is 12.4 Å². The number of alkyl halides is 6. The van der Waals surface area contributed by atoms with Gasteiger partial charge in [-0.25, -0.2) is 8.42 Å². The maximum Gasteiger partial charge on any atom is 0.417 e. The lowest BCUT2D eigenvalue weighted by Crippen LogP contribution is -2.40. The van der Waals surface area contributed by atoms with E-state index < -0.39 is 61.0 Å². The van der Waals surface area contributed by atoms with Gasteiger partial charge in [0.2, 0.25) is 0 Å². The highest BCUT2D eigenvalue weighted by atomic mass is 32.2. The standard InChI is InChI=1S/C20H18F6N2O3S/c21-19(22,23)12-2-1-3-15(10-12)32(30,31)14-6-4-13(5-7-14)28-18(29)16-11-27-9-8-17(16)20(24,25)26/h1-3,8-11,13-14H,4-7H2,(H,28,29)/t13-,14-. The SMILES string of the molecule is O=C(N[C@H]1CC[C@H](S(=O)(=O)c2cccc(C(F)(F)F)c2)CC1)c1cnccc1C(F)(F)F. The molecular weight excluding hydrogens is 462 g/mol. The Hall–Kier alpha value is -2.63. The van der Waals surface area contributed by atoms with Crippen LogP contribution in [0.15, 0.2) is 47.6 Å². The van der Waals surface area contributed by atoms with E-state index in [0.29, 0.717) is 12.1 Å². The van der Waals surface area contributed by atoms with Gasteiger partial charge in [0.15, 0.2) is 9.84 Å². The summed E-state index contributed by atoms with van der Waals surface area (Å²) in [4.78, 5) is 15.5. The average Bonchev–Trinajstić information content (AvgIpc) is 2.73. The number of pyridine rings is 1. The van der Waals surface area contributed by atoms with Crippen molar-refractivity contribution < 1.29 is 39.6 Å².